The number of fused-ring (bicyclic) bond motifs is 1. The molecule has 4 fully saturated rings. The molecular weight excluding hydrogens is 266 g/mol. The molecule has 3 saturated carbocycles. The van der Waals surface area contributed by atoms with Crippen LogP contribution >= 0.6 is 0 Å². The normalized spacial score (nSPS) is 50.1. The van der Waals surface area contributed by atoms with E-state index in [1.807, 2.05) is 6.92 Å². The van der Waals surface area contributed by atoms with E-state index in [1.54, 1.807) is 0 Å². The molecule has 7 unspecified atom stereocenters. The van der Waals surface area contributed by atoms with Crippen LogP contribution in [-0.2, 0) is 14.3 Å². The average Bonchev–Trinajstić information content (AvgIpc) is 3.20. The minimum absolute atomic E-state index is 0.0203. The maximum atomic E-state index is 12.2. The summed E-state index contributed by atoms with van der Waals surface area (Å²) in [5.74, 6) is 0.943. The summed E-state index contributed by atoms with van der Waals surface area (Å²) in [6, 6.07) is 2.50. The Balaban J connectivity index is 1.49. The Kier molecular flexibility index (Phi) is 2.73. The van der Waals surface area contributed by atoms with Gasteiger partial charge in [-0.15, -0.1) is 0 Å². The molecule has 0 amide bonds. The first-order valence-corrected chi connectivity index (χ1v) is 8.29. The molecule has 0 radical (unpaired) electrons. The van der Waals surface area contributed by atoms with E-state index in [4.69, 9.17) is 9.47 Å². The van der Waals surface area contributed by atoms with E-state index in [2.05, 4.69) is 13.0 Å². The van der Waals surface area contributed by atoms with Crippen LogP contribution in [-0.4, -0.2) is 24.8 Å². The second-order valence-electron chi connectivity index (χ2n) is 7.74. The zero-order valence-electron chi connectivity index (χ0n) is 12.8. The second-order valence-corrected chi connectivity index (χ2v) is 7.74. The van der Waals surface area contributed by atoms with Crippen molar-refractivity contribution in [2.45, 2.75) is 58.2 Å². The van der Waals surface area contributed by atoms with Gasteiger partial charge in [0.25, 0.3) is 0 Å². The molecule has 4 nitrogen and oxygen atoms in total. The van der Waals surface area contributed by atoms with E-state index in [0.717, 1.165) is 32.1 Å². The molecule has 1 heterocycles. The third kappa shape index (κ3) is 1.61. The minimum atomic E-state index is -0.254. The summed E-state index contributed by atoms with van der Waals surface area (Å²) in [4.78, 5) is 12.2. The van der Waals surface area contributed by atoms with E-state index in [0.29, 0.717) is 18.4 Å². The van der Waals surface area contributed by atoms with E-state index < -0.39 is 0 Å². The first kappa shape index (κ1) is 13.6. The molecule has 1 aliphatic heterocycles. The number of hydrogen-bond acceptors (Lipinski definition) is 4. The number of hydrogen-bond donors (Lipinski definition) is 0. The van der Waals surface area contributed by atoms with Crippen molar-refractivity contribution < 1.29 is 14.3 Å². The Hall–Kier alpha value is -1.08. The van der Waals surface area contributed by atoms with Gasteiger partial charge >= 0.3 is 5.97 Å². The molecular formula is C17H23NO3. The SMILES string of the molecule is CCCC(C)C(=O)OC1C2OCC3(C#N)CC4CC41C2C3. The topological polar surface area (TPSA) is 59.3 Å². The number of nitrogens with zero attached hydrogens (tertiary/aromatic N) is 1. The molecule has 0 aromatic carbocycles. The number of carbonyl (C=O) groups is 1. The molecule has 114 valence electrons. The second kappa shape index (κ2) is 4.23. The molecule has 1 saturated heterocycles. The zero-order chi connectivity index (χ0) is 14.8. The molecule has 7 atom stereocenters. The fraction of sp³-hybridized carbons (Fsp3) is 0.882. The molecule has 0 N–H and O–H groups in total. The number of carbonyl (C=O) groups excluding carboxylic acids is 1. The highest BCUT2D eigenvalue weighted by Crippen LogP contribution is 2.78. The van der Waals surface area contributed by atoms with Crippen molar-refractivity contribution >= 4 is 5.97 Å². The van der Waals surface area contributed by atoms with Gasteiger partial charge in [0.1, 0.15) is 6.10 Å². The minimum Gasteiger partial charge on any atom is -0.459 e. The Morgan fingerprint density at radius 2 is 2.29 bits per heavy atom. The lowest BCUT2D eigenvalue weighted by Crippen LogP contribution is -2.67. The van der Waals surface area contributed by atoms with Crippen molar-refractivity contribution in [3.05, 3.63) is 0 Å². The fourth-order valence-corrected chi connectivity index (χ4v) is 5.30. The maximum Gasteiger partial charge on any atom is 0.309 e. The Morgan fingerprint density at radius 3 is 3.00 bits per heavy atom. The van der Waals surface area contributed by atoms with Gasteiger partial charge in [-0.05, 0) is 37.5 Å². The Bertz CT molecular complexity index is 527. The van der Waals surface area contributed by atoms with Crippen LogP contribution in [0.2, 0.25) is 0 Å². The molecule has 4 aliphatic rings. The van der Waals surface area contributed by atoms with Gasteiger partial charge in [0.05, 0.1) is 30.1 Å². The number of nitriles is 1. The van der Waals surface area contributed by atoms with Gasteiger partial charge in [-0.1, -0.05) is 20.3 Å². The van der Waals surface area contributed by atoms with Crippen LogP contribution < -0.4 is 0 Å². The number of rotatable bonds is 4. The highest BCUT2D eigenvalue weighted by molar-refractivity contribution is 5.72. The lowest BCUT2D eigenvalue weighted by Gasteiger charge is -2.60. The average molecular weight is 289 g/mol. The largest absolute Gasteiger partial charge is 0.459 e. The number of ether oxygens (including phenoxy) is 2. The summed E-state index contributed by atoms with van der Waals surface area (Å²) >= 11 is 0. The van der Waals surface area contributed by atoms with Crippen LogP contribution in [0.4, 0.5) is 0 Å². The van der Waals surface area contributed by atoms with Crippen LogP contribution in [0, 0.1) is 39.9 Å². The van der Waals surface area contributed by atoms with Gasteiger partial charge in [-0.2, -0.15) is 5.26 Å². The van der Waals surface area contributed by atoms with Gasteiger partial charge in [0, 0.05) is 5.41 Å². The first-order valence-electron chi connectivity index (χ1n) is 8.29. The third-order valence-corrected chi connectivity index (χ3v) is 6.52. The van der Waals surface area contributed by atoms with E-state index in [9.17, 15) is 10.1 Å². The molecule has 4 heteroatoms. The molecule has 1 spiro atoms. The third-order valence-electron chi connectivity index (χ3n) is 6.52. The van der Waals surface area contributed by atoms with Crippen LogP contribution in [0.25, 0.3) is 0 Å². The van der Waals surface area contributed by atoms with Crippen molar-refractivity contribution in [2.75, 3.05) is 6.61 Å². The van der Waals surface area contributed by atoms with Crippen molar-refractivity contribution in [1.29, 1.82) is 5.26 Å². The zero-order valence-corrected chi connectivity index (χ0v) is 12.8. The van der Waals surface area contributed by atoms with Gasteiger partial charge in [-0.3, -0.25) is 4.79 Å². The smallest absolute Gasteiger partial charge is 0.309 e. The summed E-state index contributed by atoms with van der Waals surface area (Å²) < 4.78 is 11.8. The van der Waals surface area contributed by atoms with E-state index in [-0.39, 0.29) is 34.9 Å². The maximum absolute atomic E-state index is 12.2. The fourth-order valence-electron chi connectivity index (χ4n) is 5.30. The molecule has 0 aromatic heterocycles. The summed E-state index contributed by atoms with van der Waals surface area (Å²) in [6.07, 6.45) is 4.90. The van der Waals surface area contributed by atoms with Crippen molar-refractivity contribution in [2.24, 2.45) is 28.6 Å². The van der Waals surface area contributed by atoms with Crippen LogP contribution in [0.3, 0.4) is 0 Å². The van der Waals surface area contributed by atoms with Crippen LogP contribution in [0.15, 0.2) is 0 Å². The summed E-state index contributed by atoms with van der Waals surface area (Å²) in [6.45, 7) is 4.56. The Labute approximate surface area is 125 Å². The predicted octanol–water partition coefficient (Wildman–Crippen LogP) is 2.67. The summed E-state index contributed by atoms with van der Waals surface area (Å²) in [5, 5.41) is 9.46. The monoisotopic (exact) mass is 289 g/mol. The van der Waals surface area contributed by atoms with E-state index >= 15 is 0 Å². The van der Waals surface area contributed by atoms with Gasteiger partial charge < -0.3 is 9.47 Å². The van der Waals surface area contributed by atoms with Crippen LogP contribution in [0.1, 0.15) is 46.0 Å². The quantitative estimate of drug-likeness (QED) is 0.747. The first-order chi connectivity index (χ1) is 10.1. The summed E-state index contributed by atoms with van der Waals surface area (Å²) in [7, 11) is 0. The van der Waals surface area contributed by atoms with Crippen molar-refractivity contribution in [1.82, 2.24) is 0 Å². The molecule has 0 aromatic rings. The lowest BCUT2D eigenvalue weighted by molar-refractivity contribution is -0.272. The molecule has 4 rings (SSSR count). The van der Waals surface area contributed by atoms with Gasteiger partial charge in [0.15, 0.2) is 0 Å². The predicted molar refractivity (Wildman–Crippen MR) is 75.0 cm³/mol. The number of esters is 1. The highest BCUT2D eigenvalue weighted by Gasteiger charge is 2.81. The van der Waals surface area contributed by atoms with Crippen molar-refractivity contribution in [3.8, 4) is 6.07 Å². The molecule has 2 bridgehead atoms. The standard InChI is InChI=1S/C17H23NO3/c1-3-4-10(2)15(19)21-14-13-12-7-16(8-18,9-20-13)5-11-6-17(11,12)14/h10-14H,3-7,9H2,1-2H3. The van der Waals surface area contributed by atoms with Gasteiger partial charge in [-0.25, -0.2) is 0 Å². The Morgan fingerprint density at radius 1 is 1.48 bits per heavy atom. The van der Waals surface area contributed by atoms with Crippen molar-refractivity contribution in [3.63, 3.8) is 0 Å². The van der Waals surface area contributed by atoms with E-state index in [1.165, 1.54) is 0 Å². The lowest BCUT2D eigenvalue weighted by atomic mass is 9.52. The van der Waals surface area contributed by atoms with Crippen LogP contribution in [0.5, 0.6) is 0 Å². The molecule has 21 heavy (non-hydrogen) atoms. The van der Waals surface area contributed by atoms with Gasteiger partial charge in [0.2, 0.25) is 0 Å². The molecule has 3 aliphatic carbocycles. The highest BCUT2D eigenvalue weighted by atomic mass is 16.6. The summed E-state index contributed by atoms with van der Waals surface area (Å²) in [5.41, 5.74) is -0.0800.